The predicted molar refractivity (Wildman–Crippen MR) is 209 cm³/mol. The van der Waals surface area contributed by atoms with Gasteiger partial charge >= 0.3 is 5.97 Å². The van der Waals surface area contributed by atoms with Crippen LogP contribution in [0.3, 0.4) is 0 Å². The van der Waals surface area contributed by atoms with Crippen LogP contribution in [0, 0.1) is 56.7 Å². The van der Waals surface area contributed by atoms with E-state index in [2.05, 4.69) is 63.7 Å². The van der Waals surface area contributed by atoms with Crippen LogP contribution in [-0.4, -0.2) is 40.2 Å². The number of Topliss-reactive ketones (excluding diaryl/α,β-unsaturated/α-hetero) is 1. The van der Waals surface area contributed by atoms with Gasteiger partial charge in [-0.05, 0) is 147 Å². The number of fused-ring (bicyclic) bond motifs is 7. The number of allylic oxidation sites excluding steroid dienone is 1. The van der Waals surface area contributed by atoms with Crippen molar-refractivity contribution in [3.8, 4) is 0 Å². The molecule has 5 fully saturated rings. The average molecular weight is 736 g/mol. The lowest BCUT2D eigenvalue weighted by Gasteiger charge is -2.72. The molecule has 5 aliphatic carbocycles. The molecule has 0 aliphatic heterocycles. The number of nitrogens with one attached hydrogen (secondary N) is 2. The molecule has 9 atom stereocenters. The molecule has 7 rings (SSSR count). The van der Waals surface area contributed by atoms with E-state index in [1.807, 2.05) is 18.2 Å². The van der Waals surface area contributed by atoms with Crippen molar-refractivity contribution < 1.29 is 24.3 Å². The van der Waals surface area contributed by atoms with Gasteiger partial charge in [0.05, 0.1) is 23.2 Å². The van der Waals surface area contributed by atoms with Crippen molar-refractivity contribution in [3.05, 3.63) is 77.1 Å². The van der Waals surface area contributed by atoms with Crippen molar-refractivity contribution in [1.82, 2.24) is 15.6 Å². The van der Waals surface area contributed by atoms with Crippen LogP contribution in [0.2, 0.25) is 0 Å². The number of carbonyl (C=O) groups is 4. The van der Waals surface area contributed by atoms with E-state index in [-0.39, 0.29) is 51.5 Å². The molecular weight excluding hydrogens is 675 g/mol. The number of nitrogens with zero attached hydrogens (tertiary/aromatic N) is 1. The number of hydrogen-bond acceptors (Lipinski definition) is 5. The molecule has 8 heteroatoms. The lowest BCUT2D eigenvalue weighted by molar-refractivity contribution is -0.233. The first kappa shape index (κ1) is 38.5. The summed E-state index contributed by atoms with van der Waals surface area (Å²) >= 11 is 0. The van der Waals surface area contributed by atoms with Crippen LogP contribution < -0.4 is 10.6 Å². The fourth-order valence-electron chi connectivity index (χ4n) is 13.6. The molecule has 0 radical (unpaired) electrons. The summed E-state index contributed by atoms with van der Waals surface area (Å²) in [7, 11) is 0. The van der Waals surface area contributed by atoms with Crippen LogP contribution in [-0.2, 0) is 22.6 Å². The number of carboxylic acid groups (broad SMARTS) is 1. The minimum Gasteiger partial charge on any atom is -0.478 e. The summed E-state index contributed by atoms with van der Waals surface area (Å²) in [5.74, 6) is 1.48. The number of pyridine rings is 1. The summed E-state index contributed by atoms with van der Waals surface area (Å²) in [6.07, 6.45) is 12.2. The van der Waals surface area contributed by atoms with Gasteiger partial charge < -0.3 is 15.7 Å². The second kappa shape index (κ2) is 13.7. The fourth-order valence-corrected chi connectivity index (χ4v) is 13.6. The molecule has 0 bridgehead atoms. The first-order chi connectivity index (χ1) is 25.5. The van der Waals surface area contributed by atoms with E-state index in [4.69, 9.17) is 5.11 Å². The molecule has 54 heavy (non-hydrogen) atoms. The number of benzene rings is 1. The minimum absolute atomic E-state index is 0.0998. The van der Waals surface area contributed by atoms with Gasteiger partial charge in [0, 0.05) is 30.1 Å². The van der Waals surface area contributed by atoms with Crippen LogP contribution >= 0.6 is 0 Å². The van der Waals surface area contributed by atoms with Gasteiger partial charge in [0.1, 0.15) is 5.78 Å². The van der Waals surface area contributed by atoms with Crippen molar-refractivity contribution in [2.24, 2.45) is 56.7 Å². The van der Waals surface area contributed by atoms with Crippen LogP contribution in [0.4, 0.5) is 0 Å². The Kier molecular flexibility index (Phi) is 9.78. The minimum atomic E-state index is -1.04. The molecule has 1 aromatic heterocycles. The van der Waals surface area contributed by atoms with Gasteiger partial charge in [0.25, 0.3) is 5.91 Å². The Hall–Kier alpha value is -3.81. The Bertz CT molecular complexity index is 1850. The molecule has 0 spiro atoms. The van der Waals surface area contributed by atoms with Crippen LogP contribution in [0.15, 0.2) is 54.7 Å². The summed E-state index contributed by atoms with van der Waals surface area (Å²) in [5, 5.41) is 15.4. The topological polar surface area (TPSA) is 125 Å². The van der Waals surface area contributed by atoms with E-state index >= 15 is 0 Å². The van der Waals surface area contributed by atoms with Crippen molar-refractivity contribution >= 4 is 23.6 Å². The summed E-state index contributed by atoms with van der Waals surface area (Å²) in [6, 6.07) is 10.6. The maximum Gasteiger partial charge on any atom is 0.337 e. The van der Waals surface area contributed by atoms with E-state index in [0.717, 1.165) is 50.5 Å². The lowest BCUT2D eigenvalue weighted by Crippen LogP contribution is -2.67. The number of aromatic carboxylic acids is 1. The highest BCUT2D eigenvalue weighted by molar-refractivity contribution is 5.94. The molecule has 2 aromatic rings. The van der Waals surface area contributed by atoms with Gasteiger partial charge in [-0.2, -0.15) is 0 Å². The number of aromatic nitrogens is 1. The Morgan fingerprint density at radius 1 is 0.870 bits per heavy atom. The maximum absolute atomic E-state index is 14.6. The second-order valence-electron chi connectivity index (χ2n) is 19.2. The summed E-state index contributed by atoms with van der Waals surface area (Å²) in [4.78, 5) is 56.1. The molecule has 8 nitrogen and oxygen atoms in total. The second-order valence-corrected chi connectivity index (χ2v) is 19.2. The summed E-state index contributed by atoms with van der Waals surface area (Å²) in [6.45, 7) is 19.6. The molecule has 2 amide bonds. The van der Waals surface area contributed by atoms with E-state index in [0.29, 0.717) is 60.1 Å². The van der Waals surface area contributed by atoms with E-state index in [1.165, 1.54) is 30.7 Å². The molecular formula is C46H61N3O5. The molecule has 1 aromatic carbocycles. The Morgan fingerprint density at radius 2 is 1.65 bits per heavy atom. The Balaban J connectivity index is 1.04. The molecule has 1 heterocycles. The zero-order valence-corrected chi connectivity index (χ0v) is 33.4. The van der Waals surface area contributed by atoms with Gasteiger partial charge in [-0.15, -0.1) is 0 Å². The zero-order chi connectivity index (χ0) is 38.8. The van der Waals surface area contributed by atoms with Crippen molar-refractivity contribution in [1.29, 1.82) is 0 Å². The average Bonchev–Trinajstić information content (AvgIpc) is 3.54. The van der Waals surface area contributed by atoms with Gasteiger partial charge in [-0.1, -0.05) is 58.9 Å². The number of carboxylic acids is 1. The highest BCUT2D eigenvalue weighted by Gasteiger charge is 2.71. The molecule has 290 valence electrons. The Labute approximate surface area is 321 Å². The van der Waals surface area contributed by atoms with Crippen molar-refractivity contribution in [2.75, 3.05) is 6.54 Å². The maximum atomic E-state index is 14.6. The molecule has 4 unspecified atom stereocenters. The monoisotopic (exact) mass is 735 g/mol. The number of carbonyl (C=O) groups excluding carboxylic acids is 3. The van der Waals surface area contributed by atoms with Crippen LogP contribution in [0.5, 0.6) is 0 Å². The van der Waals surface area contributed by atoms with Gasteiger partial charge in [0.15, 0.2) is 0 Å². The van der Waals surface area contributed by atoms with E-state index < -0.39 is 11.4 Å². The van der Waals surface area contributed by atoms with Crippen molar-refractivity contribution in [3.63, 3.8) is 0 Å². The quantitative estimate of drug-likeness (QED) is 0.222. The molecule has 0 saturated heterocycles. The summed E-state index contributed by atoms with van der Waals surface area (Å²) < 4.78 is 0. The number of rotatable bonds is 9. The highest BCUT2D eigenvalue weighted by atomic mass is 16.4. The third-order valence-corrected chi connectivity index (χ3v) is 16.7. The van der Waals surface area contributed by atoms with Gasteiger partial charge in [-0.3, -0.25) is 19.4 Å². The van der Waals surface area contributed by atoms with E-state index in [9.17, 15) is 19.2 Å². The van der Waals surface area contributed by atoms with Crippen molar-refractivity contribution in [2.45, 2.75) is 119 Å². The largest absolute Gasteiger partial charge is 0.478 e. The third kappa shape index (κ3) is 5.96. The highest BCUT2D eigenvalue weighted by Crippen LogP contribution is 2.77. The predicted octanol–water partition coefficient (Wildman–Crippen LogP) is 8.60. The SMILES string of the molecule is C=C(C)[C@@H]1CC[C@]2(C(=O)NCCc3cccc(C(=O)NCc4ccc(C(=O)O)cn4)c3)CC[C@]3(C)C(CCC4[C@@]5(C)CCC(=O)C(C)(C)C5CC[C@]43C)C12. The fraction of sp³-hybridized carbons (Fsp3) is 0.630. The number of ketones is 1. The Morgan fingerprint density at radius 3 is 2.35 bits per heavy atom. The van der Waals surface area contributed by atoms with Gasteiger partial charge in [-0.25, -0.2) is 4.79 Å². The zero-order valence-electron chi connectivity index (χ0n) is 33.4. The van der Waals surface area contributed by atoms with Crippen LogP contribution in [0.25, 0.3) is 0 Å². The van der Waals surface area contributed by atoms with Crippen LogP contribution in [0.1, 0.15) is 138 Å². The first-order valence-corrected chi connectivity index (χ1v) is 20.5. The smallest absolute Gasteiger partial charge is 0.337 e. The third-order valence-electron chi connectivity index (χ3n) is 16.7. The standard InChI is InChI=1S/C46H61N3O5/c1-28(2)33-15-21-46(41(54)47-24-18-29-9-8-10-30(25-29)39(51)49-27-32-12-11-31(26-48-32)40(52)53)23-22-44(6)34(38(33)46)13-14-36-43(5)19-17-37(50)42(3,4)35(43)16-20-45(36,44)7/h8-12,25-26,33-36,38H,1,13-24,27H2,2-7H3,(H,47,54)(H,49,51)(H,52,53)/t33-,34?,35?,36?,38?,43-,44+,45+,46-/m0/s1. The summed E-state index contributed by atoms with van der Waals surface area (Å²) in [5.41, 5.74) is 3.21. The lowest BCUT2D eigenvalue weighted by atomic mass is 9.32. The molecule has 5 aliphatic rings. The molecule has 3 N–H and O–H groups in total. The normalized spacial score (nSPS) is 36.5. The number of amides is 2. The number of hydrogen-bond donors (Lipinski definition) is 3. The first-order valence-electron chi connectivity index (χ1n) is 20.5. The van der Waals surface area contributed by atoms with Gasteiger partial charge in [0.2, 0.25) is 5.91 Å². The van der Waals surface area contributed by atoms with E-state index in [1.54, 1.807) is 12.1 Å². The molecule has 5 saturated carbocycles.